The number of anilines is 2. The molecule has 1 aromatic heterocycles. The van der Waals surface area contributed by atoms with Crippen molar-refractivity contribution in [2.45, 2.75) is 33.2 Å². The van der Waals surface area contributed by atoms with E-state index in [9.17, 15) is 4.21 Å². The van der Waals surface area contributed by atoms with Gasteiger partial charge in [0.05, 0.1) is 0 Å². The van der Waals surface area contributed by atoms with Crippen LogP contribution in [-0.2, 0) is 10.8 Å². The van der Waals surface area contributed by atoms with E-state index in [0.717, 1.165) is 24.5 Å². The molecule has 5 nitrogen and oxygen atoms in total. The summed E-state index contributed by atoms with van der Waals surface area (Å²) in [6, 6.07) is 2.02. The molecule has 0 aliphatic rings. The predicted octanol–water partition coefficient (Wildman–Crippen LogP) is 1.79. The monoisotopic (exact) mass is 270 g/mol. The standard InChI is InChI=1S/C12H22N4OS/c1-5-6-13-12-15-9(2)7-11(16-12)14-10(3)8-18(4)17/h7,10H,5-6,8H2,1-4H3,(H2,13,14,15,16). The van der Waals surface area contributed by atoms with Crippen molar-refractivity contribution < 1.29 is 4.21 Å². The lowest BCUT2D eigenvalue weighted by atomic mass is 10.3. The van der Waals surface area contributed by atoms with Gasteiger partial charge in [0.2, 0.25) is 5.95 Å². The maximum absolute atomic E-state index is 11.1. The lowest BCUT2D eigenvalue weighted by Crippen LogP contribution is -2.23. The molecule has 2 N–H and O–H groups in total. The van der Waals surface area contributed by atoms with Gasteiger partial charge in [-0.2, -0.15) is 4.98 Å². The zero-order valence-corrected chi connectivity index (χ0v) is 12.3. The summed E-state index contributed by atoms with van der Waals surface area (Å²) in [6.45, 7) is 6.89. The maximum Gasteiger partial charge on any atom is 0.224 e. The molecule has 18 heavy (non-hydrogen) atoms. The lowest BCUT2D eigenvalue weighted by Gasteiger charge is -2.14. The number of nitrogens with one attached hydrogen (secondary N) is 2. The number of hydrogen-bond acceptors (Lipinski definition) is 5. The van der Waals surface area contributed by atoms with E-state index < -0.39 is 10.8 Å². The van der Waals surface area contributed by atoms with Crippen molar-refractivity contribution in [3.05, 3.63) is 11.8 Å². The van der Waals surface area contributed by atoms with Crippen molar-refractivity contribution in [3.63, 3.8) is 0 Å². The van der Waals surface area contributed by atoms with Gasteiger partial charge < -0.3 is 10.6 Å². The largest absolute Gasteiger partial charge is 0.367 e. The number of rotatable bonds is 7. The Morgan fingerprint density at radius 2 is 2.17 bits per heavy atom. The van der Waals surface area contributed by atoms with Crippen LogP contribution in [0.15, 0.2) is 6.07 Å². The van der Waals surface area contributed by atoms with Gasteiger partial charge in [0.15, 0.2) is 0 Å². The Hall–Kier alpha value is -1.17. The molecule has 0 amide bonds. The molecule has 1 rings (SSSR count). The highest BCUT2D eigenvalue weighted by Gasteiger charge is 2.07. The highest BCUT2D eigenvalue weighted by atomic mass is 32.2. The lowest BCUT2D eigenvalue weighted by molar-refractivity contribution is 0.683. The van der Waals surface area contributed by atoms with E-state index in [4.69, 9.17) is 0 Å². The first-order valence-corrected chi connectivity index (χ1v) is 7.90. The SMILES string of the molecule is CCCNc1nc(C)cc(NC(C)CS(C)=O)n1. The van der Waals surface area contributed by atoms with Crippen molar-refractivity contribution in [2.24, 2.45) is 0 Å². The molecule has 0 bridgehead atoms. The minimum absolute atomic E-state index is 0.129. The average molecular weight is 270 g/mol. The third-order valence-electron chi connectivity index (χ3n) is 2.27. The van der Waals surface area contributed by atoms with E-state index in [-0.39, 0.29) is 6.04 Å². The Kier molecular flexibility index (Phi) is 6.04. The molecule has 0 fully saturated rings. The maximum atomic E-state index is 11.1. The fourth-order valence-corrected chi connectivity index (χ4v) is 2.39. The third kappa shape index (κ3) is 5.44. The van der Waals surface area contributed by atoms with E-state index in [0.29, 0.717) is 11.7 Å². The molecule has 6 heteroatoms. The molecule has 102 valence electrons. The second kappa shape index (κ2) is 7.31. The molecule has 0 saturated carbocycles. The summed E-state index contributed by atoms with van der Waals surface area (Å²) in [5, 5.41) is 6.41. The summed E-state index contributed by atoms with van der Waals surface area (Å²) in [5.74, 6) is 2.03. The molecule has 0 radical (unpaired) electrons. The quantitative estimate of drug-likeness (QED) is 0.790. The molecule has 1 aromatic rings. The van der Waals surface area contributed by atoms with E-state index in [2.05, 4.69) is 27.5 Å². The van der Waals surface area contributed by atoms with Crippen LogP contribution in [0.25, 0.3) is 0 Å². The van der Waals surface area contributed by atoms with Crippen LogP contribution in [0.2, 0.25) is 0 Å². The number of aryl methyl sites for hydroxylation is 1. The molecule has 2 unspecified atom stereocenters. The smallest absolute Gasteiger partial charge is 0.224 e. The van der Waals surface area contributed by atoms with Crippen molar-refractivity contribution in [1.29, 1.82) is 0 Å². The summed E-state index contributed by atoms with van der Waals surface area (Å²) in [5.41, 5.74) is 0.913. The van der Waals surface area contributed by atoms with Gasteiger partial charge in [-0.15, -0.1) is 0 Å². The molecule has 0 saturated heterocycles. The summed E-state index contributed by atoms with van der Waals surface area (Å²) in [6.07, 6.45) is 2.74. The van der Waals surface area contributed by atoms with Gasteiger partial charge in [-0.3, -0.25) is 4.21 Å². The highest BCUT2D eigenvalue weighted by molar-refractivity contribution is 7.84. The molecule has 0 spiro atoms. The number of hydrogen-bond donors (Lipinski definition) is 2. The Morgan fingerprint density at radius 3 is 2.78 bits per heavy atom. The fraction of sp³-hybridized carbons (Fsp3) is 0.667. The first-order valence-electron chi connectivity index (χ1n) is 6.17. The second-order valence-corrected chi connectivity index (χ2v) is 5.91. The molecular weight excluding hydrogens is 248 g/mol. The summed E-state index contributed by atoms with van der Waals surface area (Å²) in [4.78, 5) is 8.70. The normalized spacial score (nSPS) is 14.0. The van der Waals surface area contributed by atoms with Crippen LogP contribution in [0, 0.1) is 6.92 Å². The van der Waals surface area contributed by atoms with Crippen LogP contribution in [-0.4, -0.2) is 38.8 Å². The van der Waals surface area contributed by atoms with Gasteiger partial charge in [-0.1, -0.05) is 6.92 Å². The van der Waals surface area contributed by atoms with Gasteiger partial charge in [-0.05, 0) is 20.3 Å². The van der Waals surface area contributed by atoms with Gasteiger partial charge in [0.1, 0.15) is 5.82 Å². The van der Waals surface area contributed by atoms with Crippen LogP contribution in [0.4, 0.5) is 11.8 Å². The molecule has 0 aromatic carbocycles. The van der Waals surface area contributed by atoms with E-state index in [1.807, 2.05) is 19.9 Å². The number of aromatic nitrogens is 2. The van der Waals surface area contributed by atoms with Crippen LogP contribution in [0.5, 0.6) is 0 Å². The van der Waals surface area contributed by atoms with Crippen LogP contribution < -0.4 is 10.6 Å². The first-order chi connectivity index (χ1) is 8.51. The van der Waals surface area contributed by atoms with Crippen LogP contribution >= 0.6 is 0 Å². The molecule has 1 heterocycles. The minimum Gasteiger partial charge on any atom is -0.367 e. The molecular formula is C12H22N4OS. The van der Waals surface area contributed by atoms with E-state index >= 15 is 0 Å². The zero-order chi connectivity index (χ0) is 13.5. The fourth-order valence-electron chi connectivity index (χ4n) is 1.60. The third-order valence-corrected chi connectivity index (χ3v) is 3.24. The Labute approximate surface area is 111 Å². The van der Waals surface area contributed by atoms with E-state index in [1.165, 1.54) is 0 Å². The van der Waals surface area contributed by atoms with Gasteiger partial charge in [-0.25, -0.2) is 4.98 Å². The number of nitrogens with zero attached hydrogens (tertiary/aromatic N) is 2. The van der Waals surface area contributed by atoms with Crippen molar-refractivity contribution in [3.8, 4) is 0 Å². The summed E-state index contributed by atoms with van der Waals surface area (Å²) in [7, 11) is -0.806. The minimum atomic E-state index is -0.806. The topological polar surface area (TPSA) is 66.9 Å². The Balaban J connectivity index is 2.69. The summed E-state index contributed by atoms with van der Waals surface area (Å²) < 4.78 is 11.1. The zero-order valence-electron chi connectivity index (χ0n) is 11.5. The Bertz CT molecular complexity index is 411. The van der Waals surface area contributed by atoms with Crippen molar-refractivity contribution >= 4 is 22.6 Å². The first kappa shape index (κ1) is 14.9. The summed E-state index contributed by atoms with van der Waals surface area (Å²) >= 11 is 0. The Morgan fingerprint density at radius 1 is 1.44 bits per heavy atom. The molecule has 0 aliphatic carbocycles. The highest BCUT2D eigenvalue weighted by Crippen LogP contribution is 2.11. The molecule has 2 atom stereocenters. The molecule has 0 aliphatic heterocycles. The van der Waals surface area contributed by atoms with Crippen LogP contribution in [0.3, 0.4) is 0 Å². The average Bonchev–Trinajstić information content (AvgIpc) is 2.24. The van der Waals surface area contributed by atoms with Crippen molar-refractivity contribution in [1.82, 2.24) is 9.97 Å². The van der Waals surface area contributed by atoms with Gasteiger partial charge in [0, 0.05) is 47.2 Å². The van der Waals surface area contributed by atoms with Gasteiger partial charge in [0.25, 0.3) is 0 Å². The predicted molar refractivity (Wildman–Crippen MR) is 77.6 cm³/mol. The van der Waals surface area contributed by atoms with E-state index in [1.54, 1.807) is 6.26 Å². The van der Waals surface area contributed by atoms with Crippen molar-refractivity contribution in [2.75, 3.05) is 29.2 Å². The van der Waals surface area contributed by atoms with Gasteiger partial charge >= 0.3 is 0 Å². The van der Waals surface area contributed by atoms with Crippen LogP contribution in [0.1, 0.15) is 26.0 Å². The second-order valence-electron chi connectivity index (χ2n) is 4.43.